The summed E-state index contributed by atoms with van der Waals surface area (Å²) in [6.07, 6.45) is 1.93. The molecule has 1 aromatic rings. The van der Waals surface area contributed by atoms with E-state index in [-0.39, 0.29) is 25.4 Å². The lowest BCUT2D eigenvalue weighted by Gasteiger charge is -2.32. The van der Waals surface area contributed by atoms with Crippen LogP contribution in [0.5, 0.6) is 0 Å². The first-order chi connectivity index (χ1) is 15.0. The molecule has 9 heteroatoms. The molecule has 1 heterocycles. The Hall–Kier alpha value is -2.00. The van der Waals surface area contributed by atoms with Gasteiger partial charge in [-0.2, -0.15) is 11.8 Å². The summed E-state index contributed by atoms with van der Waals surface area (Å²) in [5, 5.41) is 3.67. The lowest BCUT2D eigenvalue weighted by atomic mass is 9.80. The first-order valence-electron chi connectivity index (χ1n) is 10.1. The molecule has 1 aliphatic rings. The maximum absolute atomic E-state index is 13.1. The van der Waals surface area contributed by atoms with E-state index in [1.807, 2.05) is 12.3 Å². The molecule has 0 saturated heterocycles. The van der Waals surface area contributed by atoms with Crippen LogP contribution in [0.3, 0.4) is 0 Å². The third-order valence-corrected chi connectivity index (χ3v) is 5.46. The predicted molar refractivity (Wildman–Crippen MR) is 123 cm³/mol. The second kappa shape index (κ2) is 12.8. The molecule has 0 bridgehead atoms. The van der Waals surface area contributed by atoms with E-state index in [2.05, 4.69) is 5.32 Å². The van der Waals surface area contributed by atoms with Gasteiger partial charge in [0.2, 0.25) is 0 Å². The maximum atomic E-state index is 13.1. The van der Waals surface area contributed by atoms with E-state index in [0.717, 1.165) is 0 Å². The number of benzene rings is 1. The van der Waals surface area contributed by atoms with Crippen molar-refractivity contribution in [3.05, 3.63) is 57.4 Å². The summed E-state index contributed by atoms with van der Waals surface area (Å²) in [4.78, 5) is 26.2. The molecule has 0 radical (unpaired) electrons. The van der Waals surface area contributed by atoms with Crippen LogP contribution >= 0.6 is 23.4 Å². The molecule has 1 aromatic carbocycles. The monoisotopic (exact) mass is 468 g/mol. The number of hydrogen-bond donors (Lipinski definition) is 2. The topological polar surface area (TPSA) is 99.9 Å². The van der Waals surface area contributed by atoms with Crippen molar-refractivity contribution in [2.24, 2.45) is 5.73 Å². The van der Waals surface area contributed by atoms with E-state index in [0.29, 0.717) is 46.5 Å². The van der Waals surface area contributed by atoms with Gasteiger partial charge in [0.05, 0.1) is 49.2 Å². The zero-order valence-corrected chi connectivity index (χ0v) is 19.6. The number of nitrogens with two attached hydrogens (primary N) is 1. The Bertz CT molecular complexity index is 856. The Morgan fingerprint density at radius 1 is 1.10 bits per heavy atom. The van der Waals surface area contributed by atoms with Crippen LogP contribution in [0.4, 0.5) is 0 Å². The van der Waals surface area contributed by atoms with Gasteiger partial charge in [-0.25, -0.2) is 9.59 Å². The van der Waals surface area contributed by atoms with E-state index >= 15 is 0 Å². The molecule has 0 aromatic heterocycles. The van der Waals surface area contributed by atoms with Crippen LogP contribution in [0.2, 0.25) is 5.02 Å². The van der Waals surface area contributed by atoms with Crippen molar-refractivity contribution in [2.45, 2.75) is 19.8 Å². The van der Waals surface area contributed by atoms with Gasteiger partial charge in [-0.3, -0.25) is 0 Å². The van der Waals surface area contributed by atoms with Crippen molar-refractivity contribution in [3.63, 3.8) is 0 Å². The Kier molecular flexibility index (Phi) is 10.4. The van der Waals surface area contributed by atoms with Gasteiger partial charge in [0.15, 0.2) is 0 Å². The third-order valence-electron chi connectivity index (χ3n) is 4.53. The molecule has 170 valence electrons. The highest BCUT2D eigenvalue weighted by molar-refractivity contribution is 7.98. The molecular weight excluding hydrogens is 440 g/mol. The number of esters is 2. The standard InChI is InChI=1S/C22H29ClN2O5S/c1-4-29-21(26)19-16(12-28-11-10-24)25-17(13-31-3)20(22(27)30-5-2)18(19)14-8-6-7-9-15(14)23/h6-9,18,25H,4-5,10-13,24H2,1-3H3. The molecule has 1 unspecified atom stereocenters. The largest absolute Gasteiger partial charge is 0.463 e. The molecule has 7 nitrogen and oxygen atoms in total. The minimum Gasteiger partial charge on any atom is -0.463 e. The Morgan fingerprint density at radius 2 is 1.71 bits per heavy atom. The number of carbonyl (C=O) groups excluding carboxylic acids is 2. The number of dihydropyridines is 1. The number of rotatable bonds is 11. The highest BCUT2D eigenvalue weighted by atomic mass is 35.5. The van der Waals surface area contributed by atoms with Crippen molar-refractivity contribution in [2.75, 3.05) is 45.0 Å². The molecule has 0 fully saturated rings. The molecular formula is C22H29ClN2O5S. The fourth-order valence-corrected chi connectivity index (χ4v) is 4.12. The lowest BCUT2D eigenvalue weighted by Crippen LogP contribution is -2.36. The average Bonchev–Trinajstić information content (AvgIpc) is 2.74. The number of halogens is 1. The molecule has 31 heavy (non-hydrogen) atoms. The summed E-state index contributed by atoms with van der Waals surface area (Å²) in [6.45, 7) is 4.63. The Balaban J connectivity index is 2.74. The van der Waals surface area contributed by atoms with E-state index < -0.39 is 17.9 Å². The SMILES string of the molecule is CCOC(=O)C1=C(COCCN)NC(CSC)=C(C(=O)OCC)C1c1ccccc1Cl. The zero-order chi connectivity index (χ0) is 22.8. The van der Waals surface area contributed by atoms with Gasteiger partial charge in [-0.05, 0) is 31.7 Å². The number of carbonyl (C=O) groups is 2. The van der Waals surface area contributed by atoms with Gasteiger partial charge < -0.3 is 25.3 Å². The van der Waals surface area contributed by atoms with E-state index in [9.17, 15) is 9.59 Å². The second-order valence-corrected chi connectivity index (χ2v) is 7.85. The average molecular weight is 469 g/mol. The summed E-state index contributed by atoms with van der Waals surface area (Å²) >= 11 is 8.07. The minimum atomic E-state index is -0.758. The van der Waals surface area contributed by atoms with Crippen molar-refractivity contribution < 1.29 is 23.8 Å². The predicted octanol–water partition coefficient (Wildman–Crippen LogP) is 3.00. The highest BCUT2D eigenvalue weighted by Crippen LogP contribution is 2.42. The van der Waals surface area contributed by atoms with Crippen molar-refractivity contribution >= 4 is 35.3 Å². The van der Waals surface area contributed by atoms with Gasteiger partial charge in [0.25, 0.3) is 0 Å². The molecule has 0 spiro atoms. The van der Waals surface area contributed by atoms with Gasteiger partial charge in [0.1, 0.15) is 0 Å². The van der Waals surface area contributed by atoms with E-state index in [1.165, 1.54) is 11.8 Å². The maximum Gasteiger partial charge on any atom is 0.336 e. The fraction of sp³-hybridized carbons (Fsp3) is 0.455. The van der Waals surface area contributed by atoms with Crippen LogP contribution in [0.1, 0.15) is 25.3 Å². The molecule has 1 aliphatic heterocycles. The normalized spacial score (nSPS) is 16.2. The minimum absolute atomic E-state index is 0.111. The smallest absolute Gasteiger partial charge is 0.336 e. The number of hydrogen-bond acceptors (Lipinski definition) is 8. The van der Waals surface area contributed by atoms with Crippen LogP contribution in [0.15, 0.2) is 46.8 Å². The van der Waals surface area contributed by atoms with Crippen molar-refractivity contribution in [1.82, 2.24) is 5.32 Å². The molecule has 1 atom stereocenters. The van der Waals surface area contributed by atoms with Crippen LogP contribution in [-0.4, -0.2) is 56.9 Å². The molecule has 2 rings (SSSR count). The summed E-state index contributed by atoms with van der Waals surface area (Å²) < 4.78 is 16.3. The quantitative estimate of drug-likeness (QED) is 0.377. The van der Waals surface area contributed by atoms with Crippen LogP contribution in [0, 0.1) is 0 Å². The lowest BCUT2D eigenvalue weighted by molar-refractivity contribution is -0.139. The number of ether oxygens (including phenoxy) is 3. The van der Waals surface area contributed by atoms with Crippen molar-refractivity contribution in [3.8, 4) is 0 Å². The zero-order valence-electron chi connectivity index (χ0n) is 18.0. The Morgan fingerprint density at radius 3 is 2.26 bits per heavy atom. The summed E-state index contributed by atoms with van der Waals surface area (Å²) in [5.41, 5.74) is 7.96. The first-order valence-corrected chi connectivity index (χ1v) is 11.9. The second-order valence-electron chi connectivity index (χ2n) is 6.58. The third kappa shape index (κ3) is 6.26. The van der Waals surface area contributed by atoms with Gasteiger partial charge >= 0.3 is 11.9 Å². The van der Waals surface area contributed by atoms with Gasteiger partial charge in [-0.15, -0.1) is 0 Å². The highest BCUT2D eigenvalue weighted by Gasteiger charge is 2.40. The van der Waals surface area contributed by atoms with Crippen LogP contribution in [0.25, 0.3) is 0 Å². The summed E-state index contributed by atoms with van der Waals surface area (Å²) in [7, 11) is 0. The van der Waals surface area contributed by atoms with E-state index in [1.54, 1.807) is 32.0 Å². The molecule has 3 N–H and O–H groups in total. The Labute approximate surface area is 192 Å². The van der Waals surface area contributed by atoms with Gasteiger partial charge in [-0.1, -0.05) is 29.8 Å². The van der Waals surface area contributed by atoms with E-state index in [4.69, 9.17) is 31.5 Å². The molecule has 0 aliphatic carbocycles. The van der Waals surface area contributed by atoms with Gasteiger partial charge in [0, 0.05) is 23.0 Å². The first kappa shape index (κ1) is 25.3. The van der Waals surface area contributed by atoms with Crippen LogP contribution in [-0.2, 0) is 23.8 Å². The summed E-state index contributed by atoms with van der Waals surface area (Å²) in [6, 6.07) is 7.13. The molecule has 0 amide bonds. The summed E-state index contributed by atoms with van der Waals surface area (Å²) in [5.74, 6) is -1.30. The van der Waals surface area contributed by atoms with Crippen molar-refractivity contribution in [1.29, 1.82) is 0 Å². The molecule has 0 saturated carbocycles. The number of nitrogens with one attached hydrogen (secondary N) is 1. The van der Waals surface area contributed by atoms with Crippen LogP contribution < -0.4 is 11.1 Å². The fourth-order valence-electron chi connectivity index (χ4n) is 3.36. The number of thioether (sulfide) groups is 1.